The van der Waals surface area contributed by atoms with E-state index in [-0.39, 0.29) is 19.0 Å². The van der Waals surface area contributed by atoms with Gasteiger partial charge in [0.25, 0.3) is 0 Å². The molecule has 0 radical (unpaired) electrons. The number of esters is 1. The van der Waals surface area contributed by atoms with Gasteiger partial charge < -0.3 is 18.6 Å². The second-order valence-electron chi connectivity index (χ2n) is 5.97. The highest BCUT2D eigenvalue weighted by molar-refractivity contribution is 9.10. The number of ketones is 1. The van der Waals surface area contributed by atoms with Crippen molar-refractivity contribution in [1.29, 1.82) is 0 Å². The van der Waals surface area contributed by atoms with Gasteiger partial charge in [-0.1, -0.05) is 0 Å². The normalized spacial score (nSPS) is 10.7. The number of benzene rings is 2. The van der Waals surface area contributed by atoms with Gasteiger partial charge in [-0.15, -0.1) is 0 Å². The largest absolute Gasteiger partial charge is 0.497 e. The first-order valence-corrected chi connectivity index (χ1v) is 9.43. The standard InChI is InChI=1S/C21H19BrO6/c1-4-26-21(24)20-12(2)28-18-10-16(22)19(9-15(18)20)27-11-17(23)13-5-7-14(25-3)8-6-13/h5-10H,4,11H2,1-3H3. The van der Waals surface area contributed by atoms with E-state index in [9.17, 15) is 9.59 Å². The van der Waals surface area contributed by atoms with Crippen molar-refractivity contribution < 1.29 is 28.2 Å². The van der Waals surface area contributed by atoms with Crippen LogP contribution in [0.3, 0.4) is 0 Å². The molecule has 146 valence electrons. The second-order valence-corrected chi connectivity index (χ2v) is 6.83. The fraction of sp³-hybridized carbons (Fsp3) is 0.238. The predicted octanol–water partition coefficient (Wildman–Crippen LogP) is 4.95. The number of fused-ring (bicyclic) bond motifs is 1. The molecule has 0 aliphatic rings. The molecule has 0 unspecified atom stereocenters. The van der Waals surface area contributed by atoms with E-state index in [0.29, 0.717) is 43.8 Å². The summed E-state index contributed by atoms with van der Waals surface area (Å²) in [5.74, 6) is 0.935. The monoisotopic (exact) mass is 446 g/mol. The molecule has 0 spiro atoms. The van der Waals surface area contributed by atoms with Gasteiger partial charge in [0.1, 0.15) is 28.4 Å². The first-order chi connectivity index (χ1) is 13.4. The molecule has 28 heavy (non-hydrogen) atoms. The third-order valence-electron chi connectivity index (χ3n) is 4.17. The number of aryl methyl sites for hydroxylation is 1. The molecule has 6 nitrogen and oxygen atoms in total. The quantitative estimate of drug-likeness (QED) is 0.377. The van der Waals surface area contributed by atoms with Crippen LogP contribution >= 0.6 is 15.9 Å². The van der Waals surface area contributed by atoms with Crippen LogP contribution in [0, 0.1) is 6.92 Å². The van der Waals surface area contributed by atoms with Crippen LogP contribution in [0.1, 0.15) is 33.4 Å². The van der Waals surface area contributed by atoms with E-state index in [2.05, 4.69) is 15.9 Å². The second kappa shape index (κ2) is 8.48. The molecular weight excluding hydrogens is 428 g/mol. The maximum Gasteiger partial charge on any atom is 0.342 e. The zero-order valence-electron chi connectivity index (χ0n) is 15.7. The number of halogens is 1. The van der Waals surface area contributed by atoms with Gasteiger partial charge in [0.2, 0.25) is 0 Å². The van der Waals surface area contributed by atoms with Crippen molar-refractivity contribution in [2.45, 2.75) is 13.8 Å². The van der Waals surface area contributed by atoms with E-state index in [1.807, 2.05) is 0 Å². The third-order valence-corrected chi connectivity index (χ3v) is 4.79. The fourth-order valence-corrected chi connectivity index (χ4v) is 3.23. The SMILES string of the molecule is CCOC(=O)c1c(C)oc2cc(Br)c(OCC(=O)c3ccc(OC)cc3)cc12. The van der Waals surface area contributed by atoms with E-state index >= 15 is 0 Å². The topological polar surface area (TPSA) is 75.0 Å². The highest BCUT2D eigenvalue weighted by Crippen LogP contribution is 2.35. The highest BCUT2D eigenvalue weighted by atomic mass is 79.9. The van der Waals surface area contributed by atoms with Crippen LogP contribution < -0.4 is 9.47 Å². The van der Waals surface area contributed by atoms with Crippen molar-refractivity contribution in [3.05, 3.63) is 57.8 Å². The Balaban J connectivity index is 1.84. The Morgan fingerprint density at radius 1 is 1.14 bits per heavy atom. The van der Waals surface area contributed by atoms with Gasteiger partial charge in [0, 0.05) is 10.9 Å². The minimum absolute atomic E-state index is 0.151. The van der Waals surface area contributed by atoms with Crippen molar-refractivity contribution in [1.82, 2.24) is 0 Å². The molecule has 0 aliphatic heterocycles. The summed E-state index contributed by atoms with van der Waals surface area (Å²) in [6.07, 6.45) is 0. The van der Waals surface area contributed by atoms with Crippen LogP contribution in [-0.4, -0.2) is 32.1 Å². The van der Waals surface area contributed by atoms with Crippen LogP contribution in [0.4, 0.5) is 0 Å². The number of hydrogen-bond donors (Lipinski definition) is 0. The summed E-state index contributed by atoms with van der Waals surface area (Å²) >= 11 is 3.42. The van der Waals surface area contributed by atoms with Gasteiger partial charge in [-0.2, -0.15) is 0 Å². The van der Waals surface area contributed by atoms with E-state index in [4.69, 9.17) is 18.6 Å². The number of furan rings is 1. The van der Waals surface area contributed by atoms with Gasteiger partial charge in [-0.3, -0.25) is 4.79 Å². The molecule has 3 rings (SSSR count). The van der Waals surface area contributed by atoms with E-state index < -0.39 is 5.97 Å². The zero-order chi connectivity index (χ0) is 20.3. The number of hydrogen-bond acceptors (Lipinski definition) is 6. The highest BCUT2D eigenvalue weighted by Gasteiger charge is 2.21. The lowest BCUT2D eigenvalue weighted by molar-refractivity contribution is 0.0526. The Bertz CT molecular complexity index is 1020. The molecule has 3 aromatic rings. The first kappa shape index (κ1) is 19.9. The lowest BCUT2D eigenvalue weighted by Gasteiger charge is -2.09. The molecule has 0 atom stereocenters. The van der Waals surface area contributed by atoms with Crippen molar-refractivity contribution >= 4 is 38.7 Å². The Labute approximate surface area is 170 Å². The smallest absolute Gasteiger partial charge is 0.342 e. The van der Waals surface area contributed by atoms with Crippen molar-refractivity contribution in [2.24, 2.45) is 0 Å². The molecule has 0 saturated carbocycles. The summed E-state index contributed by atoms with van der Waals surface area (Å²) in [4.78, 5) is 24.6. The molecule has 0 N–H and O–H groups in total. The Morgan fingerprint density at radius 3 is 2.50 bits per heavy atom. The number of carbonyl (C=O) groups excluding carboxylic acids is 2. The lowest BCUT2D eigenvalue weighted by Crippen LogP contribution is -2.12. The number of ether oxygens (including phenoxy) is 3. The van der Waals surface area contributed by atoms with Gasteiger partial charge in [0.05, 0.1) is 18.2 Å². The summed E-state index contributed by atoms with van der Waals surface area (Å²) in [5.41, 5.74) is 1.40. The summed E-state index contributed by atoms with van der Waals surface area (Å²) in [5, 5.41) is 0.575. The molecule has 0 aliphatic carbocycles. The molecule has 0 saturated heterocycles. The van der Waals surface area contributed by atoms with E-state index in [1.54, 1.807) is 57.4 Å². The van der Waals surface area contributed by atoms with Crippen LogP contribution in [0.5, 0.6) is 11.5 Å². The molecule has 1 heterocycles. The number of methoxy groups -OCH3 is 1. The number of Topliss-reactive ketones (excluding diaryl/α,β-unsaturated/α-hetero) is 1. The predicted molar refractivity (Wildman–Crippen MR) is 107 cm³/mol. The Morgan fingerprint density at radius 2 is 1.86 bits per heavy atom. The van der Waals surface area contributed by atoms with Crippen LogP contribution in [-0.2, 0) is 4.74 Å². The van der Waals surface area contributed by atoms with Gasteiger partial charge in [-0.25, -0.2) is 4.79 Å². The van der Waals surface area contributed by atoms with Gasteiger partial charge in [-0.05, 0) is 66.2 Å². The zero-order valence-corrected chi connectivity index (χ0v) is 17.3. The van der Waals surface area contributed by atoms with Crippen molar-refractivity contribution in [3.8, 4) is 11.5 Å². The van der Waals surface area contributed by atoms with Gasteiger partial charge in [0.15, 0.2) is 12.4 Å². The Kier molecular flexibility index (Phi) is 6.04. The Hall–Kier alpha value is -2.80. The minimum atomic E-state index is -0.457. The average molecular weight is 447 g/mol. The number of rotatable bonds is 7. The van der Waals surface area contributed by atoms with E-state index in [0.717, 1.165) is 0 Å². The first-order valence-electron chi connectivity index (χ1n) is 8.64. The van der Waals surface area contributed by atoms with Crippen LogP contribution in [0.25, 0.3) is 11.0 Å². The van der Waals surface area contributed by atoms with Crippen molar-refractivity contribution in [3.63, 3.8) is 0 Å². The maximum absolute atomic E-state index is 12.4. The summed E-state index contributed by atoms with van der Waals surface area (Å²) < 4.78 is 22.2. The van der Waals surface area contributed by atoms with E-state index in [1.165, 1.54) is 0 Å². The molecule has 1 aromatic heterocycles. The summed E-state index contributed by atoms with van der Waals surface area (Å²) in [7, 11) is 1.57. The third kappa shape index (κ3) is 4.04. The van der Waals surface area contributed by atoms with Gasteiger partial charge >= 0.3 is 5.97 Å². The molecule has 0 fully saturated rings. The van der Waals surface area contributed by atoms with Crippen molar-refractivity contribution in [2.75, 3.05) is 20.3 Å². The van der Waals surface area contributed by atoms with Crippen LogP contribution in [0.2, 0.25) is 0 Å². The lowest BCUT2D eigenvalue weighted by atomic mass is 10.1. The summed E-state index contributed by atoms with van der Waals surface area (Å²) in [6.45, 7) is 3.56. The summed E-state index contributed by atoms with van der Waals surface area (Å²) in [6, 6.07) is 10.2. The van der Waals surface area contributed by atoms with Crippen LogP contribution in [0.15, 0.2) is 45.3 Å². The maximum atomic E-state index is 12.4. The molecule has 0 amide bonds. The molecule has 7 heteroatoms. The number of carbonyl (C=O) groups is 2. The average Bonchev–Trinajstić information content (AvgIpc) is 3.00. The fourth-order valence-electron chi connectivity index (χ4n) is 2.79. The molecule has 2 aromatic carbocycles. The molecular formula is C21H19BrO6. The molecule has 0 bridgehead atoms. The minimum Gasteiger partial charge on any atom is -0.497 e.